The molecule has 9 heteroatoms. The molecule has 39 heavy (non-hydrogen) atoms. The summed E-state index contributed by atoms with van der Waals surface area (Å²) < 4.78 is 11.7. The molecule has 1 aliphatic heterocycles. The van der Waals surface area contributed by atoms with Gasteiger partial charge in [-0.05, 0) is 67.9 Å². The average Bonchev–Trinajstić information content (AvgIpc) is 3.49. The molecule has 0 aliphatic carbocycles. The third kappa shape index (κ3) is 5.34. The lowest BCUT2D eigenvalue weighted by molar-refractivity contribution is -0.128. The van der Waals surface area contributed by atoms with Crippen LogP contribution in [-0.4, -0.2) is 60.7 Å². The van der Waals surface area contributed by atoms with Crippen LogP contribution in [0.1, 0.15) is 27.9 Å². The van der Waals surface area contributed by atoms with E-state index in [0.29, 0.717) is 11.3 Å². The maximum atomic E-state index is 13.6. The van der Waals surface area contributed by atoms with Crippen LogP contribution in [0.2, 0.25) is 0 Å². The number of ether oxygens (including phenoxy) is 2. The fraction of sp³-hybridized carbons (Fsp3) is 0.267. The molecule has 1 aromatic heterocycles. The van der Waals surface area contributed by atoms with Gasteiger partial charge in [-0.25, -0.2) is 9.88 Å². The number of nitrogens with zero attached hydrogens (tertiary/aromatic N) is 3. The third-order valence-corrected chi connectivity index (χ3v) is 7.91. The monoisotopic (exact) mass is 543 g/mol. The molecule has 1 atom stereocenters. The molecule has 1 fully saturated rings. The molecule has 0 saturated carbocycles. The standard InChI is InChI=1S/C30H29N3O5S/c1-18-5-8-21(9-6-18)29(35)32(17-27(37-3)38-4)24-16-26(34)33(30(24)36)22-12-10-20(11-13-22)28-31-23-14-7-19(2)15-25(23)39-28/h5-15,24,27H,16-17H2,1-4H3. The van der Waals surface area contributed by atoms with E-state index >= 15 is 0 Å². The molecule has 3 amide bonds. The highest BCUT2D eigenvalue weighted by Crippen LogP contribution is 2.33. The molecule has 5 rings (SSSR count). The minimum absolute atomic E-state index is 0.00669. The number of carbonyl (C=O) groups is 3. The molecule has 8 nitrogen and oxygen atoms in total. The van der Waals surface area contributed by atoms with Gasteiger partial charge < -0.3 is 14.4 Å². The molecule has 0 spiro atoms. The van der Waals surface area contributed by atoms with Gasteiger partial charge in [0, 0.05) is 25.3 Å². The summed E-state index contributed by atoms with van der Waals surface area (Å²) in [5.41, 5.74) is 4.87. The smallest absolute Gasteiger partial charge is 0.257 e. The van der Waals surface area contributed by atoms with Crippen molar-refractivity contribution in [2.75, 3.05) is 25.7 Å². The van der Waals surface area contributed by atoms with Crippen molar-refractivity contribution in [3.8, 4) is 10.6 Å². The minimum atomic E-state index is -0.980. The summed E-state index contributed by atoms with van der Waals surface area (Å²) in [5.74, 6) is -1.21. The molecule has 1 unspecified atom stereocenters. The Morgan fingerprint density at radius 3 is 2.33 bits per heavy atom. The van der Waals surface area contributed by atoms with Gasteiger partial charge in [-0.2, -0.15) is 0 Å². The number of methoxy groups -OCH3 is 2. The second-order valence-electron chi connectivity index (χ2n) is 9.55. The van der Waals surface area contributed by atoms with Gasteiger partial charge in [-0.1, -0.05) is 23.8 Å². The Labute approximate surface area is 230 Å². The Balaban J connectivity index is 1.41. The van der Waals surface area contributed by atoms with Crippen LogP contribution in [0.3, 0.4) is 0 Å². The van der Waals surface area contributed by atoms with Crippen molar-refractivity contribution in [2.45, 2.75) is 32.6 Å². The highest BCUT2D eigenvalue weighted by atomic mass is 32.1. The van der Waals surface area contributed by atoms with Crippen LogP contribution in [0, 0.1) is 13.8 Å². The Hall–Kier alpha value is -3.92. The largest absolute Gasteiger partial charge is 0.354 e. The SMILES string of the molecule is COC(CN(C(=O)c1ccc(C)cc1)C1CC(=O)N(c2ccc(-c3nc4ccc(C)cc4s3)cc2)C1=O)OC. The topological polar surface area (TPSA) is 89.0 Å². The van der Waals surface area contributed by atoms with Crippen molar-refractivity contribution >= 4 is 45.0 Å². The average molecular weight is 544 g/mol. The molecule has 2 heterocycles. The van der Waals surface area contributed by atoms with Crippen LogP contribution in [0.5, 0.6) is 0 Å². The molecule has 0 bridgehead atoms. The Morgan fingerprint density at radius 2 is 1.67 bits per heavy atom. The Bertz CT molecular complexity index is 1530. The number of hydrogen-bond donors (Lipinski definition) is 0. The fourth-order valence-electron chi connectivity index (χ4n) is 4.66. The lowest BCUT2D eigenvalue weighted by atomic mass is 10.1. The van der Waals surface area contributed by atoms with Crippen molar-refractivity contribution in [1.29, 1.82) is 0 Å². The summed E-state index contributed by atoms with van der Waals surface area (Å²) in [4.78, 5) is 47.5. The lowest BCUT2D eigenvalue weighted by Gasteiger charge is -2.30. The zero-order chi connectivity index (χ0) is 27.7. The summed E-state index contributed by atoms with van der Waals surface area (Å²) in [5, 5.41) is 0.860. The number of aryl methyl sites for hydroxylation is 2. The first-order valence-electron chi connectivity index (χ1n) is 12.6. The Kier molecular flexibility index (Phi) is 7.56. The number of anilines is 1. The number of thiazole rings is 1. The molecule has 4 aromatic rings. The number of rotatable bonds is 8. The predicted octanol–water partition coefficient (Wildman–Crippen LogP) is 4.97. The second kappa shape index (κ2) is 11.1. The number of fused-ring (bicyclic) bond motifs is 1. The van der Waals surface area contributed by atoms with Gasteiger partial charge in [-0.3, -0.25) is 14.4 Å². The van der Waals surface area contributed by atoms with E-state index < -0.39 is 18.2 Å². The molecule has 3 aromatic carbocycles. The zero-order valence-corrected chi connectivity index (χ0v) is 23.0. The van der Waals surface area contributed by atoms with Crippen molar-refractivity contribution < 1.29 is 23.9 Å². The Morgan fingerprint density at radius 1 is 1.00 bits per heavy atom. The molecular formula is C30H29N3O5S. The van der Waals surface area contributed by atoms with Gasteiger partial charge in [-0.15, -0.1) is 11.3 Å². The highest BCUT2D eigenvalue weighted by Gasteiger charge is 2.45. The number of aromatic nitrogens is 1. The second-order valence-corrected chi connectivity index (χ2v) is 10.6. The van der Waals surface area contributed by atoms with E-state index in [0.717, 1.165) is 31.3 Å². The highest BCUT2D eigenvalue weighted by molar-refractivity contribution is 7.21. The van der Waals surface area contributed by atoms with E-state index in [-0.39, 0.29) is 24.8 Å². The molecular weight excluding hydrogens is 514 g/mol. The van der Waals surface area contributed by atoms with Crippen molar-refractivity contribution in [3.63, 3.8) is 0 Å². The van der Waals surface area contributed by atoms with Gasteiger partial charge in [0.25, 0.3) is 11.8 Å². The molecule has 0 N–H and O–H groups in total. The number of hydrogen-bond acceptors (Lipinski definition) is 7. The maximum absolute atomic E-state index is 13.6. The zero-order valence-electron chi connectivity index (χ0n) is 22.2. The number of carbonyl (C=O) groups excluding carboxylic acids is 3. The van der Waals surface area contributed by atoms with Crippen LogP contribution in [0.15, 0.2) is 66.7 Å². The lowest BCUT2D eigenvalue weighted by Crippen LogP contribution is -2.49. The van der Waals surface area contributed by atoms with E-state index in [2.05, 4.69) is 6.07 Å². The molecule has 1 aliphatic rings. The van der Waals surface area contributed by atoms with E-state index in [1.807, 2.05) is 50.2 Å². The maximum Gasteiger partial charge on any atom is 0.257 e. The summed E-state index contributed by atoms with van der Waals surface area (Å²) in [6.07, 6.45) is -0.886. The predicted molar refractivity (Wildman–Crippen MR) is 151 cm³/mol. The van der Waals surface area contributed by atoms with E-state index in [1.165, 1.54) is 24.7 Å². The van der Waals surface area contributed by atoms with Crippen molar-refractivity contribution in [1.82, 2.24) is 9.88 Å². The number of imide groups is 1. The number of amides is 3. The summed E-state index contributed by atoms with van der Waals surface area (Å²) in [7, 11) is 2.93. The summed E-state index contributed by atoms with van der Waals surface area (Å²) in [6, 6.07) is 19.4. The van der Waals surface area contributed by atoms with Gasteiger partial charge in [0.05, 0.1) is 28.9 Å². The summed E-state index contributed by atoms with van der Waals surface area (Å²) >= 11 is 1.59. The van der Waals surface area contributed by atoms with Crippen LogP contribution < -0.4 is 4.90 Å². The van der Waals surface area contributed by atoms with Crippen molar-refractivity contribution in [3.05, 3.63) is 83.4 Å². The first-order valence-corrected chi connectivity index (χ1v) is 13.4. The van der Waals surface area contributed by atoms with Crippen LogP contribution in [0.25, 0.3) is 20.8 Å². The quantitative estimate of drug-likeness (QED) is 0.230. The third-order valence-electron chi connectivity index (χ3n) is 6.85. The molecule has 200 valence electrons. The van der Waals surface area contributed by atoms with Gasteiger partial charge in [0.15, 0.2) is 6.29 Å². The van der Waals surface area contributed by atoms with Crippen LogP contribution >= 0.6 is 11.3 Å². The first-order chi connectivity index (χ1) is 18.8. The molecule has 0 radical (unpaired) electrons. The summed E-state index contributed by atoms with van der Waals surface area (Å²) in [6.45, 7) is 3.97. The molecule has 1 saturated heterocycles. The van der Waals surface area contributed by atoms with E-state index in [4.69, 9.17) is 14.5 Å². The van der Waals surface area contributed by atoms with E-state index in [1.54, 1.807) is 35.6 Å². The van der Waals surface area contributed by atoms with E-state index in [9.17, 15) is 14.4 Å². The van der Waals surface area contributed by atoms with Gasteiger partial charge in [0.2, 0.25) is 5.91 Å². The first kappa shape index (κ1) is 26.7. The van der Waals surface area contributed by atoms with Crippen LogP contribution in [-0.2, 0) is 19.1 Å². The normalized spacial score (nSPS) is 15.5. The van der Waals surface area contributed by atoms with Crippen molar-refractivity contribution in [2.24, 2.45) is 0 Å². The minimum Gasteiger partial charge on any atom is -0.354 e. The van der Waals surface area contributed by atoms with Crippen LogP contribution in [0.4, 0.5) is 5.69 Å². The number of benzene rings is 3. The fourth-order valence-corrected chi connectivity index (χ4v) is 5.73. The van der Waals surface area contributed by atoms with Gasteiger partial charge >= 0.3 is 0 Å². The van der Waals surface area contributed by atoms with Gasteiger partial charge in [0.1, 0.15) is 11.0 Å².